The highest BCUT2D eigenvalue weighted by molar-refractivity contribution is 5.98. The van der Waals surface area contributed by atoms with Crippen molar-refractivity contribution in [1.29, 1.82) is 0 Å². The molecule has 1 aliphatic rings. The van der Waals surface area contributed by atoms with Crippen LogP contribution in [0.2, 0.25) is 0 Å². The lowest BCUT2D eigenvalue weighted by Gasteiger charge is -2.34. The molecule has 0 spiro atoms. The van der Waals surface area contributed by atoms with E-state index in [1.807, 2.05) is 31.2 Å². The molecule has 0 radical (unpaired) electrons. The van der Waals surface area contributed by atoms with Gasteiger partial charge in [-0.05, 0) is 36.8 Å². The van der Waals surface area contributed by atoms with E-state index in [0.717, 1.165) is 17.3 Å². The molecule has 5 nitrogen and oxygen atoms in total. The van der Waals surface area contributed by atoms with Crippen molar-refractivity contribution in [3.63, 3.8) is 0 Å². The van der Waals surface area contributed by atoms with Crippen LogP contribution in [-0.2, 0) is 16.0 Å². The molecule has 0 saturated carbocycles. The van der Waals surface area contributed by atoms with Crippen molar-refractivity contribution in [3.8, 4) is 5.75 Å². The van der Waals surface area contributed by atoms with Crippen LogP contribution in [0.1, 0.15) is 11.1 Å². The number of aromatic hydroxyl groups is 1. The molecule has 1 saturated heterocycles. The molecule has 2 amide bonds. The predicted octanol–water partition coefficient (Wildman–Crippen LogP) is 2.26. The van der Waals surface area contributed by atoms with Gasteiger partial charge >= 0.3 is 0 Å². The second-order valence-electron chi connectivity index (χ2n) is 6.16. The Morgan fingerprint density at radius 1 is 1.16 bits per heavy atom. The number of halogens is 1. The van der Waals surface area contributed by atoms with Crippen molar-refractivity contribution < 1.29 is 19.1 Å². The fourth-order valence-electron chi connectivity index (χ4n) is 2.83. The normalized spacial score (nSPS) is 14.7. The van der Waals surface area contributed by atoms with Crippen LogP contribution in [-0.4, -0.2) is 41.5 Å². The summed E-state index contributed by atoms with van der Waals surface area (Å²) in [6, 6.07) is 11.5. The molecule has 0 aromatic heterocycles. The number of anilines is 1. The molecule has 0 atom stereocenters. The first-order valence-electron chi connectivity index (χ1n) is 8.06. The van der Waals surface area contributed by atoms with Crippen molar-refractivity contribution in [2.75, 3.05) is 24.5 Å². The molecule has 130 valence electrons. The lowest BCUT2D eigenvalue weighted by molar-refractivity contribution is -0.136. The van der Waals surface area contributed by atoms with Crippen molar-refractivity contribution in [3.05, 3.63) is 59.4 Å². The summed E-state index contributed by atoms with van der Waals surface area (Å²) in [6.07, 6.45) is -0.00495. The van der Waals surface area contributed by atoms with Gasteiger partial charge < -0.3 is 14.9 Å². The lowest BCUT2D eigenvalue weighted by atomic mass is 10.1. The molecule has 1 aliphatic heterocycles. The topological polar surface area (TPSA) is 60.9 Å². The molecule has 0 unspecified atom stereocenters. The number of benzene rings is 2. The number of phenols is 1. The van der Waals surface area contributed by atoms with Crippen molar-refractivity contribution in [2.45, 2.75) is 13.3 Å². The van der Waals surface area contributed by atoms with E-state index in [1.54, 1.807) is 4.90 Å². The number of rotatable bonds is 3. The Bertz CT molecular complexity index is 805. The van der Waals surface area contributed by atoms with Gasteiger partial charge in [-0.1, -0.05) is 23.8 Å². The van der Waals surface area contributed by atoms with Crippen LogP contribution < -0.4 is 4.90 Å². The summed E-state index contributed by atoms with van der Waals surface area (Å²) in [4.78, 5) is 27.9. The minimum atomic E-state index is -0.759. The lowest BCUT2D eigenvalue weighted by Crippen LogP contribution is -2.52. The van der Waals surface area contributed by atoms with E-state index in [2.05, 4.69) is 0 Å². The summed E-state index contributed by atoms with van der Waals surface area (Å²) in [5.74, 6) is -1.58. The van der Waals surface area contributed by atoms with Crippen LogP contribution in [0.25, 0.3) is 0 Å². The summed E-state index contributed by atoms with van der Waals surface area (Å²) in [7, 11) is 0. The molecule has 0 aliphatic carbocycles. The number of amides is 2. The number of piperazine rings is 1. The van der Waals surface area contributed by atoms with Crippen LogP contribution in [0.5, 0.6) is 5.75 Å². The molecule has 6 heteroatoms. The predicted molar refractivity (Wildman–Crippen MR) is 91.9 cm³/mol. The fourth-order valence-corrected chi connectivity index (χ4v) is 2.83. The average Bonchev–Trinajstić information content (AvgIpc) is 2.59. The zero-order chi connectivity index (χ0) is 18.0. The summed E-state index contributed by atoms with van der Waals surface area (Å²) < 4.78 is 13.4. The van der Waals surface area contributed by atoms with E-state index in [-0.39, 0.29) is 24.8 Å². The minimum absolute atomic E-state index is 0.00495. The third-order valence-electron chi connectivity index (χ3n) is 4.29. The van der Waals surface area contributed by atoms with Crippen LogP contribution in [0.15, 0.2) is 42.5 Å². The minimum Gasteiger partial charge on any atom is -0.505 e. The van der Waals surface area contributed by atoms with Gasteiger partial charge in [0.15, 0.2) is 11.6 Å². The van der Waals surface area contributed by atoms with Crippen molar-refractivity contribution >= 4 is 17.5 Å². The van der Waals surface area contributed by atoms with Gasteiger partial charge in [0.2, 0.25) is 11.8 Å². The average molecular weight is 342 g/mol. The Morgan fingerprint density at radius 3 is 2.52 bits per heavy atom. The molecule has 2 aromatic rings. The molecule has 0 bridgehead atoms. The Balaban J connectivity index is 1.63. The van der Waals surface area contributed by atoms with Crippen LogP contribution in [0, 0.1) is 12.7 Å². The van der Waals surface area contributed by atoms with Gasteiger partial charge in [0.1, 0.15) is 6.54 Å². The quantitative estimate of drug-likeness (QED) is 0.931. The molecular weight excluding hydrogens is 323 g/mol. The number of hydrogen-bond acceptors (Lipinski definition) is 3. The van der Waals surface area contributed by atoms with E-state index in [4.69, 9.17) is 0 Å². The molecule has 3 rings (SSSR count). The first-order chi connectivity index (χ1) is 11.9. The summed E-state index contributed by atoms with van der Waals surface area (Å²) in [6.45, 7) is 2.85. The van der Waals surface area contributed by atoms with Crippen LogP contribution in [0.4, 0.5) is 10.1 Å². The number of nitrogens with zero attached hydrogens (tertiary/aromatic N) is 2. The van der Waals surface area contributed by atoms with Gasteiger partial charge in [-0.3, -0.25) is 9.59 Å². The summed E-state index contributed by atoms with van der Waals surface area (Å²) >= 11 is 0. The van der Waals surface area contributed by atoms with Crippen LogP contribution >= 0.6 is 0 Å². The van der Waals surface area contributed by atoms with Crippen molar-refractivity contribution in [1.82, 2.24) is 4.90 Å². The largest absolute Gasteiger partial charge is 0.505 e. The van der Waals surface area contributed by atoms with Crippen molar-refractivity contribution in [2.24, 2.45) is 0 Å². The second-order valence-corrected chi connectivity index (χ2v) is 6.16. The third kappa shape index (κ3) is 3.79. The maximum absolute atomic E-state index is 13.4. The highest BCUT2D eigenvalue weighted by atomic mass is 19.1. The first kappa shape index (κ1) is 17.0. The van der Waals surface area contributed by atoms with E-state index < -0.39 is 11.6 Å². The Morgan fingerprint density at radius 2 is 1.88 bits per heavy atom. The zero-order valence-electron chi connectivity index (χ0n) is 13.9. The van der Waals surface area contributed by atoms with Gasteiger partial charge in [0.05, 0.1) is 6.42 Å². The maximum atomic E-state index is 13.4. The van der Waals surface area contributed by atoms with E-state index in [1.165, 1.54) is 17.0 Å². The smallest absolute Gasteiger partial charge is 0.246 e. The standard InChI is InChI=1S/C19H19FN2O3/c1-13-2-5-15(6-3-13)22-9-8-21(12-19(22)25)18(24)11-14-4-7-17(23)16(20)10-14/h2-7,10,23H,8-9,11-12H2,1H3. The number of phenolic OH excluding ortho intramolecular Hbond substituents is 1. The highest BCUT2D eigenvalue weighted by Crippen LogP contribution is 2.20. The van der Waals surface area contributed by atoms with E-state index >= 15 is 0 Å². The monoisotopic (exact) mass is 342 g/mol. The fraction of sp³-hybridized carbons (Fsp3) is 0.263. The Kier molecular flexibility index (Phi) is 4.70. The highest BCUT2D eigenvalue weighted by Gasteiger charge is 2.28. The third-order valence-corrected chi connectivity index (χ3v) is 4.29. The maximum Gasteiger partial charge on any atom is 0.246 e. The SMILES string of the molecule is Cc1ccc(N2CCN(C(=O)Cc3ccc(O)c(F)c3)CC2=O)cc1. The molecular formula is C19H19FN2O3. The Labute approximate surface area is 145 Å². The van der Waals surface area contributed by atoms with Crippen LogP contribution in [0.3, 0.4) is 0 Å². The van der Waals surface area contributed by atoms with E-state index in [0.29, 0.717) is 18.7 Å². The molecule has 1 fully saturated rings. The zero-order valence-corrected chi connectivity index (χ0v) is 13.9. The first-order valence-corrected chi connectivity index (χ1v) is 8.06. The summed E-state index contributed by atoms with van der Waals surface area (Å²) in [5, 5.41) is 9.20. The van der Waals surface area contributed by atoms with Gasteiger partial charge in [0.25, 0.3) is 0 Å². The van der Waals surface area contributed by atoms with E-state index in [9.17, 15) is 19.1 Å². The van der Waals surface area contributed by atoms with Gasteiger partial charge in [0, 0.05) is 18.8 Å². The molecule has 1 heterocycles. The number of aryl methyl sites for hydroxylation is 1. The van der Waals surface area contributed by atoms with Gasteiger partial charge in [-0.15, -0.1) is 0 Å². The summed E-state index contributed by atoms with van der Waals surface area (Å²) in [5.41, 5.74) is 2.41. The molecule has 25 heavy (non-hydrogen) atoms. The number of carbonyl (C=O) groups excluding carboxylic acids is 2. The number of hydrogen-bond donors (Lipinski definition) is 1. The Hall–Kier alpha value is -2.89. The van der Waals surface area contributed by atoms with Gasteiger partial charge in [-0.2, -0.15) is 0 Å². The number of carbonyl (C=O) groups is 2. The molecule has 1 N–H and O–H groups in total. The second kappa shape index (κ2) is 6.93. The molecule has 2 aromatic carbocycles. The van der Waals surface area contributed by atoms with Gasteiger partial charge in [-0.25, -0.2) is 4.39 Å².